The second-order valence-electron chi connectivity index (χ2n) is 5.62. The van der Waals surface area contributed by atoms with E-state index in [0.29, 0.717) is 11.3 Å². The third-order valence-corrected chi connectivity index (χ3v) is 3.00. The Morgan fingerprint density at radius 1 is 1.28 bits per heavy atom. The highest BCUT2D eigenvalue weighted by molar-refractivity contribution is 7.17. The maximum atomic E-state index is 12.5. The largest absolute Gasteiger partial charge is 0.407 e. The van der Waals surface area contributed by atoms with Gasteiger partial charge in [-0.05, 0) is 17.5 Å². The van der Waals surface area contributed by atoms with Crippen molar-refractivity contribution in [3.8, 4) is 5.75 Å². The lowest BCUT2D eigenvalue weighted by Gasteiger charge is -2.21. The van der Waals surface area contributed by atoms with Gasteiger partial charge < -0.3 is 4.52 Å². The topological polar surface area (TPSA) is 43.4 Å². The van der Waals surface area contributed by atoms with Gasteiger partial charge >= 0.3 is 8.69 Å². The van der Waals surface area contributed by atoms with Crippen molar-refractivity contribution in [1.82, 2.24) is 0 Å². The molecule has 0 aliphatic heterocycles. The van der Waals surface area contributed by atoms with Gasteiger partial charge in [0, 0.05) is 5.41 Å². The van der Waals surface area contributed by atoms with Gasteiger partial charge in [0.1, 0.15) is 5.75 Å². The Bertz CT molecular complexity index is 459. The molecular weight excluding hydrogens is 247 g/mol. The number of hydrogen-bond acceptors (Lipinski definition) is 3. The van der Waals surface area contributed by atoms with Gasteiger partial charge in [-0.25, -0.2) is 4.57 Å². The molecule has 0 radical (unpaired) electrons. The van der Waals surface area contributed by atoms with Gasteiger partial charge in [-0.3, -0.25) is 4.79 Å². The summed E-state index contributed by atoms with van der Waals surface area (Å²) in [4.78, 5) is 12.5. The van der Waals surface area contributed by atoms with Crippen LogP contribution in [0.5, 0.6) is 5.75 Å². The zero-order valence-electron chi connectivity index (χ0n) is 11.5. The van der Waals surface area contributed by atoms with Gasteiger partial charge in [0.15, 0.2) is 5.78 Å². The van der Waals surface area contributed by atoms with Crippen molar-refractivity contribution in [2.75, 3.05) is 0 Å². The normalized spacial score (nSPS) is 11.9. The van der Waals surface area contributed by atoms with E-state index < -0.39 is 14.1 Å². The van der Waals surface area contributed by atoms with Crippen LogP contribution in [0.3, 0.4) is 0 Å². The minimum absolute atomic E-state index is 0.00505. The lowest BCUT2D eigenvalue weighted by Crippen LogP contribution is -2.22. The van der Waals surface area contributed by atoms with Gasteiger partial charge in [-0.15, -0.1) is 0 Å². The number of ketones is 1. The lowest BCUT2D eigenvalue weighted by atomic mass is 9.82. The first kappa shape index (κ1) is 14.8. The average molecular weight is 266 g/mol. The highest BCUT2D eigenvalue weighted by Crippen LogP contribution is 2.34. The Labute approximate surface area is 110 Å². The Balaban J connectivity index is 3.45. The van der Waals surface area contributed by atoms with Crippen molar-refractivity contribution in [2.45, 2.75) is 40.5 Å². The maximum absolute atomic E-state index is 12.5. The number of carbonyl (C=O) groups is 1. The first-order valence-electron chi connectivity index (χ1n) is 5.96. The molecule has 0 aliphatic rings. The van der Waals surface area contributed by atoms with E-state index in [1.54, 1.807) is 6.07 Å². The van der Waals surface area contributed by atoms with Crippen LogP contribution in [0.4, 0.5) is 0 Å². The van der Waals surface area contributed by atoms with Crippen molar-refractivity contribution < 1.29 is 13.9 Å². The van der Waals surface area contributed by atoms with Crippen LogP contribution >= 0.6 is 8.69 Å². The number of carbonyl (C=O) groups excluding carboxylic acids is 1. The third-order valence-electron chi connectivity index (χ3n) is 2.72. The fourth-order valence-corrected chi connectivity index (χ4v) is 2.00. The van der Waals surface area contributed by atoms with Crippen molar-refractivity contribution in [1.29, 1.82) is 0 Å². The molecule has 98 valence electrons. The molecule has 0 bridgehead atoms. The van der Waals surface area contributed by atoms with Gasteiger partial charge in [0.2, 0.25) is 0 Å². The summed E-state index contributed by atoms with van der Waals surface area (Å²) < 4.78 is 15.7. The highest BCUT2D eigenvalue weighted by atomic mass is 31.1. The molecular formula is C14H19O3P. The van der Waals surface area contributed by atoms with Crippen LogP contribution in [0.1, 0.15) is 56.5 Å². The molecule has 0 aromatic heterocycles. The maximum Gasteiger partial charge on any atom is 0.395 e. The van der Waals surface area contributed by atoms with E-state index in [2.05, 4.69) is 0 Å². The van der Waals surface area contributed by atoms with E-state index in [4.69, 9.17) is 4.52 Å². The number of benzene rings is 1. The molecule has 0 atom stereocenters. The first-order valence-corrected chi connectivity index (χ1v) is 6.69. The zero-order chi connectivity index (χ0) is 13.9. The van der Waals surface area contributed by atoms with Crippen LogP contribution in [0.2, 0.25) is 0 Å². The molecule has 4 heteroatoms. The van der Waals surface area contributed by atoms with Gasteiger partial charge in [0.25, 0.3) is 0 Å². The molecule has 0 saturated carbocycles. The Morgan fingerprint density at radius 3 is 2.33 bits per heavy atom. The highest BCUT2D eigenvalue weighted by Gasteiger charge is 2.29. The van der Waals surface area contributed by atoms with Gasteiger partial charge in [-0.1, -0.05) is 46.8 Å². The van der Waals surface area contributed by atoms with E-state index >= 15 is 0 Å². The quantitative estimate of drug-likeness (QED) is 0.589. The second kappa shape index (κ2) is 5.62. The summed E-state index contributed by atoms with van der Waals surface area (Å²) in [6.45, 7) is 9.64. The van der Waals surface area contributed by atoms with Gasteiger partial charge in [0.05, 0.1) is 5.56 Å². The summed E-state index contributed by atoms with van der Waals surface area (Å²) in [5.74, 6) is 0.599. The first-order chi connectivity index (χ1) is 8.29. The lowest BCUT2D eigenvalue weighted by molar-refractivity contribution is 0.0855. The summed E-state index contributed by atoms with van der Waals surface area (Å²) in [5, 5.41) is 0. The molecule has 0 fully saturated rings. The minimum Gasteiger partial charge on any atom is -0.407 e. The van der Waals surface area contributed by atoms with E-state index in [9.17, 15) is 9.36 Å². The third kappa shape index (κ3) is 3.17. The van der Waals surface area contributed by atoms with Crippen molar-refractivity contribution in [3.63, 3.8) is 0 Å². The molecule has 0 spiro atoms. The fraction of sp³-hybridized carbons (Fsp3) is 0.500. The molecule has 0 unspecified atom stereocenters. The second-order valence-corrected chi connectivity index (χ2v) is 5.95. The Hall–Kier alpha value is -1.21. The van der Waals surface area contributed by atoms with E-state index in [-0.39, 0.29) is 11.7 Å². The Kier molecular flexibility index (Phi) is 4.64. The van der Waals surface area contributed by atoms with Crippen molar-refractivity contribution in [3.05, 3.63) is 29.3 Å². The van der Waals surface area contributed by atoms with Crippen LogP contribution in [0.25, 0.3) is 0 Å². The van der Waals surface area contributed by atoms with Crippen LogP contribution in [-0.4, -0.2) is 5.78 Å². The monoisotopic (exact) mass is 266 g/mol. The molecule has 0 aliphatic carbocycles. The van der Waals surface area contributed by atoms with Crippen LogP contribution < -0.4 is 4.52 Å². The Morgan fingerprint density at radius 2 is 1.89 bits per heavy atom. The summed E-state index contributed by atoms with van der Waals surface area (Å²) in [6, 6.07) is 5.41. The number of hydrogen-bond donors (Lipinski definition) is 0. The smallest absolute Gasteiger partial charge is 0.395 e. The van der Waals surface area contributed by atoms with E-state index in [1.165, 1.54) is 0 Å². The number of Topliss-reactive ketones (excluding diaryl/α,β-unsaturated/α-hetero) is 1. The molecule has 18 heavy (non-hydrogen) atoms. The van der Waals surface area contributed by atoms with Crippen LogP contribution in [-0.2, 0) is 4.57 Å². The fourth-order valence-electron chi connectivity index (χ4n) is 1.76. The van der Waals surface area contributed by atoms with Crippen molar-refractivity contribution in [2.24, 2.45) is 5.41 Å². The standard InChI is InChI=1S/C14H19O3P/c1-9(2)10-7-6-8-11(17-18-16)12(10)13(15)14(3,4)5/h6-9H,1-5H3. The summed E-state index contributed by atoms with van der Waals surface area (Å²) in [5.41, 5.74) is 0.975. The molecule has 0 amide bonds. The molecule has 0 heterocycles. The van der Waals surface area contributed by atoms with Crippen molar-refractivity contribution >= 4 is 14.5 Å². The molecule has 3 nitrogen and oxygen atoms in total. The predicted molar refractivity (Wildman–Crippen MR) is 72.6 cm³/mol. The summed E-state index contributed by atoms with van der Waals surface area (Å²) >= 11 is 0. The number of rotatable bonds is 4. The van der Waals surface area contributed by atoms with E-state index in [0.717, 1.165) is 5.56 Å². The minimum atomic E-state index is -0.497. The van der Waals surface area contributed by atoms with Crippen LogP contribution in [0, 0.1) is 5.41 Å². The molecule has 1 aromatic rings. The van der Waals surface area contributed by atoms with Gasteiger partial charge in [-0.2, -0.15) is 0 Å². The molecule has 0 saturated heterocycles. The molecule has 1 aromatic carbocycles. The van der Waals surface area contributed by atoms with Crippen LogP contribution in [0.15, 0.2) is 18.2 Å². The summed E-state index contributed by atoms with van der Waals surface area (Å²) in [6.07, 6.45) is 0. The summed E-state index contributed by atoms with van der Waals surface area (Å²) in [7, 11) is -0.445. The average Bonchev–Trinajstić information content (AvgIpc) is 2.27. The molecule has 0 N–H and O–H groups in total. The SMILES string of the molecule is CC(C)c1cccc(OP=O)c1C(=O)C(C)(C)C. The predicted octanol–water partition coefficient (Wildman–Crippen LogP) is 4.62. The molecule has 1 rings (SSSR count). The zero-order valence-corrected chi connectivity index (χ0v) is 12.4. The van der Waals surface area contributed by atoms with E-state index in [1.807, 2.05) is 46.8 Å².